The zero-order valence-electron chi connectivity index (χ0n) is 8.44. The van der Waals surface area contributed by atoms with Crippen LogP contribution in [0.3, 0.4) is 0 Å². The van der Waals surface area contributed by atoms with Gasteiger partial charge in [0.2, 0.25) is 0 Å². The Morgan fingerprint density at radius 3 is 3.00 bits per heavy atom. The van der Waals surface area contributed by atoms with Crippen LogP contribution >= 0.6 is 11.6 Å². The van der Waals surface area contributed by atoms with Gasteiger partial charge in [-0.15, -0.1) is 11.6 Å². The van der Waals surface area contributed by atoms with Gasteiger partial charge in [0.25, 0.3) is 0 Å². The molecule has 74 valence electrons. The second-order valence-electron chi connectivity index (χ2n) is 4.61. The lowest BCUT2D eigenvalue weighted by Crippen LogP contribution is -2.26. The van der Waals surface area contributed by atoms with Gasteiger partial charge in [-0.25, -0.2) is 0 Å². The molecule has 0 bridgehead atoms. The number of halogens is 1. The highest BCUT2D eigenvalue weighted by molar-refractivity contribution is 6.27. The first-order chi connectivity index (χ1) is 6.09. The van der Waals surface area contributed by atoms with Crippen LogP contribution in [0, 0.1) is 11.8 Å². The van der Waals surface area contributed by atoms with E-state index >= 15 is 0 Å². The first-order valence-corrected chi connectivity index (χ1v) is 5.60. The number of hydrogen-bond acceptors (Lipinski definition) is 1. The Morgan fingerprint density at radius 1 is 1.69 bits per heavy atom. The molecule has 2 rings (SSSR count). The van der Waals surface area contributed by atoms with E-state index in [2.05, 4.69) is 25.7 Å². The van der Waals surface area contributed by atoms with E-state index < -0.39 is 0 Å². The summed E-state index contributed by atoms with van der Waals surface area (Å²) in [6.07, 6.45) is 3.41. The van der Waals surface area contributed by atoms with Gasteiger partial charge in [-0.05, 0) is 18.8 Å². The van der Waals surface area contributed by atoms with Crippen molar-refractivity contribution < 1.29 is 0 Å². The van der Waals surface area contributed by atoms with E-state index in [0.717, 1.165) is 12.8 Å². The molecule has 1 N–H and O–H groups in total. The summed E-state index contributed by atoms with van der Waals surface area (Å²) in [6.45, 7) is 8.50. The lowest BCUT2D eigenvalue weighted by molar-refractivity contribution is 0.420. The average Bonchev–Trinajstić information content (AvgIpc) is 2.56. The van der Waals surface area contributed by atoms with Gasteiger partial charge in [0, 0.05) is 11.6 Å². The standard InChI is InChI=1S/C11H18ClN/c1-4-5-11(12)9-7(2)6-8(3)13-10(9)11/h7,9-10,13H,3-6H2,1-2H3/t7-,9+,10-,11+/m0/s1. The molecule has 1 aliphatic carbocycles. The number of fused-ring (bicyclic) bond motifs is 1. The summed E-state index contributed by atoms with van der Waals surface area (Å²) in [5, 5.41) is 3.43. The molecule has 1 heterocycles. The summed E-state index contributed by atoms with van der Waals surface area (Å²) in [7, 11) is 0. The van der Waals surface area contributed by atoms with Crippen LogP contribution in [0.1, 0.15) is 33.1 Å². The number of alkyl halides is 1. The number of nitrogens with one attached hydrogen (secondary N) is 1. The fourth-order valence-corrected chi connectivity index (χ4v) is 3.61. The average molecular weight is 200 g/mol. The Kier molecular flexibility index (Phi) is 2.10. The highest BCUT2D eigenvalue weighted by Gasteiger charge is 2.66. The fraction of sp³-hybridized carbons (Fsp3) is 0.818. The van der Waals surface area contributed by atoms with Crippen LogP contribution in [0.15, 0.2) is 12.3 Å². The van der Waals surface area contributed by atoms with Crippen molar-refractivity contribution in [2.24, 2.45) is 11.8 Å². The second kappa shape index (κ2) is 2.91. The molecule has 0 radical (unpaired) electrons. The number of hydrogen-bond donors (Lipinski definition) is 1. The molecule has 0 aromatic carbocycles. The molecule has 0 aromatic rings. The predicted molar refractivity (Wildman–Crippen MR) is 56.8 cm³/mol. The highest BCUT2D eigenvalue weighted by atomic mass is 35.5. The maximum Gasteiger partial charge on any atom is 0.0701 e. The van der Waals surface area contributed by atoms with Gasteiger partial charge in [-0.3, -0.25) is 0 Å². The molecule has 0 aromatic heterocycles. The number of piperidine rings is 1. The van der Waals surface area contributed by atoms with Crippen molar-refractivity contribution in [2.45, 2.75) is 44.0 Å². The molecule has 13 heavy (non-hydrogen) atoms. The quantitative estimate of drug-likeness (QED) is 0.675. The van der Waals surface area contributed by atoms with E-state index in [-0.39, 0.29) is 4.87 Å². The topological polar surface area (TPSA) is 12.0 Å². The predicted octanol–water partition coefficient (Wildman–Crippen LogP) is 2.91. The maximum absolute atomic E-state index is 6.57. The van der Waals surface area contributed by atoms with Crippen molar-refractivity contribution in [3.8, 4) is 0 Å². The summed E-state index contributed by atoms with van der Waals surface area (Å²) < 4.78 is 0. The normalized spacial score (nSPS) is 48.2. The summed E-state index contributed by atoms with van der Waals surface area (Å²) in [6, 6.07) is 0.505. The molecule has 1 aliphatic heterocycles. The van der Waals surface area contributed by atoms with E-state index in [0.29, 0.717) is 17.9 Å². The monoisotopic (exact) mass is 199 g/mol. The van der Waals surface area contributed by atoms with Crippen molar-refractivity contribution in [1.29, 1.82) is 0 Å². The first-order valence-electron chi connectivity index (χ1n) is 5.23. The van der Waals surface area contributed by atoms with Crippen LogP contribution in [0.2, 0.25) is 0 Å². The smallest absolute Gasteiger partial charge is 0.0701 e. The lowest BCUT2D eigenvalue weighted by Gasteiger charge is -2.19. The van der Waals surface area contributed by atoms with E-state index in [1.54, 1.807) is 0 Å². The first kappa shape index (κ1) is 9.39. The van der Waals surface area contributed by atoms with Gasteiger partial charge in [0.05, 0.1) is 10.9 Å². The van der Waals surface area contributed by atoms with Crippen LogP contribution < -0.4 is 5.32 Å². The minimum absolute atomic E-state index is 0.0492. The maximum atomic E-state index is 6.57. The Morgan fingerprint density at radius 2 is 2.38 bits per heavy atom. The molecule has 0 unspecified atom stereocenters. The molecular formula is C11H18ClN. The molecule has 2 heteroatoms. The summed E-state index contributed by atoms with van der Waals surface area (Å²) in [4.78, 5) is 0.0492. The van der Waals surface area contributed by atoms with Gasteiger partial charge in [0.1, 0.15) is 0 Å². The van der Waals surface area contributed by atoms with Crippen molar-refractivity contribution >= 4 is 11.6 Å². The van der Waals surface area contributed by atoms with Gasteiger partial charge < -0.3 is 5.32 Å². The largest absolute Gasteiger partial charge is 0.384 e. The van der Waals surface area contributed by atoms with Crippen LogP contribution in [0.4, 0.5) is 0 Å². The van der Waals surface area contributed by atoms with E-state index in [9.17, 15) is 0 Å². The lowest BCUT2D eigenvalue weighted by atomic mass is 9.96. The van der Waals surface area contributed by atoms with Gasteiger partial charge >= 0.3 is 0 Å². The van der Waals surface area contributed by atoms with Crippen LogP contribution in [0.5, 0.6) is 0 Å². The zero-order valence-corrected chi connectivity index (χ0v) is 9.19. The molecular weight excluding hydrogens is 182 g/mol. The third kappa shape index (κ3) is 1.28. The van der Waals surface area contributed by atoms with Crippen molar-refractivity contribution in [3.63, 3.8) is 0 Å². The summed E-state index contributed by atoms with van der Waals surface area (Å²) in [5.41, 5.74) is 1.17. The van der Waals surface area contributed by atoms with Crippen LogP contribution in [0.25, 0.3) is 0 Å². The number of allylic oxidation sites excluding steroid dienone is 1. The minimum atomic E-state index is 0.0492. The Labute approximate surface area is 85.5 Å². The Balaban J connectivity index is 2.09. The zero-order chi connectivity index (χ0) is 9.64. The second-order valence-corrected chi connectivity index (χ2v) is 5.31. The molecule has 0 spiro atoms. The SMILES string of the molecule is C=C1C[C@H](C)[C@@H]2[C@H](N1)[C@@]2(Cl)CCC. The van der Waals surface area contributed by atoms with Crippen molar-refractivity contribution in [3.05, 3.63) is 12.3 Å². The molecule has 1 nitrogen and oxygen atoms in total. The molecule has 1 saturated carbocycles. The Hall–Kier alpha value is -0.170. The van der Waals surface area contributed by atoms with Crippen LogP contribution in [-0.2, 0) is 0 Å². The summed E-state index contributed by atoms with van der Waals surface area (Å²) in [5.74, 6) is 1.39. The molecule has 2 aliphatic rings. The van der Waals surface area contributed by atoms with Gasteiger partial charge in [-0.1, -0.05) is 26.8 Å². The number of rotatable bonds is 2. The molecule has 0 amide bonds. The van der Waals surface area contributed by atoms with Gasteiger partial charge in [0.15, 0.2) is 0 Å². The fourth-order valence-electron chi connectivity index (χ4n) is 2.95. The summed E-state index contributed by atoms with van der Waals surface area (Å²) >= 11 is 6.57. The molecule has 2 fully saturated rings. The van der Waals surface area contributed by atoms with Crippen molar-refractivity contribution in [1.82, 2.24) is 5.32 Å². The van der Waals surface area contributed by atoms with Crippen molar-refractivity contribution in [2.75, 3.05) is 0 Å². The molecule has 1 saturated heterocycles. The third-order valence-corrected chi connectivity index (χ3v) is 4.17. The minimum Gasteiger partial charge on any atom is -0.384 e. The Bertz CT molecular complexity index is 238. The van der Waals surface area contributed by atoms with Crippen LogP contribution in [-0.4, -0.2) is 10.9 Å². The highest BCUT2D eigenvalue weighted by Crippen LogP contribution is 2.59. The van der Waals surface area contributed by atoms with E-state index in [1.165, 1.54) is 12.1 Å². The third-order valence-electron chi connectivity index (χ3n) is 3.50. The molecule has 4 atom stereocenters. The van der Waals surface area contributed by atoms with E-state index in [4.69, 9.17) is 11.6 Å². The van der Waals surface area contributed by atoms with Gasteiger partial charge in [-0.2, -0.15) is 0 Å². The van der Waals surface area contributed by atoms with E-state index in [1.807, 2.05) is 0 Å².